The van der Waals surface area contributed by atoms with Crippen LogP contribution in [0.1, 0.15) is 53.0 Å². The first-order valence-electron chi connectivity index (χ1n) is 11.2. The lowest BCUT2D eigenvalue weighted by Crippen LogP contribution is -2.41. The Morgan fingerprint density at radius 1 is 1.03 bits per heavy atom. The zero-order valence-electron chi connectivity index (χ0n) is 19.0. The lowest BCUT2D eigenvalue weighted by atomic mass is 10.1. The summed E-state index contributed by atoms with van der Waals surface area (Å²) < 4.78 is 38.2. The van der Waals surface area contributed by atoms with Gasteiger partial charge >= 0.3 is 5.97 Å². The number of sulfonamides is 1. The molecule has 0 bridgehead atoms. The van der Waals surface area contributed by atoms with E-state index in [0.717, 1.165) is 12.8 Å². The predicted molar refractivity (Wildman–Crippen MR) is 125 cm³/mol. The van der Waals surface area contributed by atoms with Crippen molar-refractivity contribution in [2.75, 3.05) is 38.2 Å². The second-order valence-corrected chi connectivity index (χ2v) is 9.62. The van der Waals surface area contributed by atoms with E-state index in [1.54, 1.807) is 36.4 Å². The number of hydrogen-bond acceptors (Lipinski definition) is 6. The summed E-state index contributed by atoms with van der Waals surface area (Å²) in [4.78, 5) is 25.0. The van der Waals surface area contributed by atoms with Crippen LogP contribution in [0.2, 0.25) is 0 Å². The summed E-state index contributed by atoms with van der Waals surface area (Å²) in [6, 6.07) is 11.1. The van der Waals surface area contributed by atoms with Crippen LogP contribution in [0, 0.1) is 0 Å². The maximum atomic E-state index is 13.2. The highest BCUT2D eigenvalue weighted by Crippen LogP contribution is 2.24. The summed E-state index contributed by atoms with van der Waals surface area (Å²) >= 11 is 0. The fourth-order valence-corrected chi connectivity index (χ4v) is 5.17. The fraction of sp³-hybridized carbons (Fsp3) is 0.417. The van der Waals surface area contributed by atoms with E-state index in [1.807, 2.05) is 13.8 Å². The number of nitrogens with zero attached hydrogens (tertiary/aromatic N) is 1. The SMILES string of the molecule is CCCCOC(=O)c1ccc(NC(=O)c2ccc(CC)c(S(=O)(=O)N3CCOCC3)c2)cc1. The summed E-state index contributed by atoms with van der Waals surface area (Å²) in [5, 5.41) is 2.75. The Morgan fingerprint density at radius 2 is 1.70 bits per heavy atom. The monoisotopic (exact) mass is 474 g/mol. The Morgan fingerprint density at radius 3 is 2.33 bits per heavy atom. The molecular formula is C24H30N2O6S. The second kappa shape index (κ2) is 11.4. The number of carbonyl (C=O) groups is 2. The molecule has 8 nitrogen and oxygen atoms in total. The van der Waals surface area contributed by atoms with Crippen LogP contribution in [-0.2, 0) is 25.9 Å². The van der Waals surface area contributed by atoms with Crippen molar-refractivity contribution in [1.82, 2.24) is 4.31 Å². The van der Waals surface area contributed by atoms with Crippen LogP contribution in [0.4, 0.5) is 5.69 Å². The molecule has 33 heavy (non-hydrogen) atoms. The third-order valence-corrected chi connectivity index (χ3v) is 7.39. The molecule has 1 aliphatic rings. The minimum atomic E-state index is -3.74. The quantitative estimate of drug-likeness (QED) is 0.441. The molecule has 3 rings (SSSR count). The number of rotatable bonds is 9. The van der Waals surface area contributed by atoms with E-state index in [-0.39, 0.29) is 23.5 Å². The molecule has 178 valence electrons. The van der Waals surface area contributed by atoms with Crippen molar-refractivity contribution in [2.45, 2.75) is 38.0 Å². The molecule has 1 N–H and O–H groups in total. The maximum Gasteiger partial charge on any atom is 0.338 e. The van der Waals surface area contributed by atoms with Gasteiger partial charge in [0.1, 0.15) is 0 Å². The van der Waals surface area contributed by atoms with Crippen LogP contribution in [-0.4, -0.2) is 57.5 Å². The number of aryl methyl sites for hydroxylation is 1. The Labute approximate surface area is 194 Å². The van der Waals surface area contributed by atoms with Gasteiger partial charge in [-0.3, -0.25) is 4.79 Å². The van der Waals surface area contributed by atoms with Crippen molar-refractivity contribution >= 4 is 27.6 Å². The van der Waals surface area contributed by atoms with Gasteiger partial charge in [-0.15, -0.1) is 0 Å². The molecular weight excluding hydrogens is 444 g/mol. The number of hydrogen-bond donors (Lipinski definition) is 1. The molecule has 0 spiro atoms. The van der Waals surface area contributed by atoms with Crippen molar-refractivity contribution < 1.29 is 27.5 Å². The summed E-state index contributed by atoms with van der Waals surface area (Å²) in [6.07, 6.45) is 2.27. The molecule has 0 atom stereocenters. The van der Waals surface area contributed by atoms with Gasteiger partial charge in [-0.25, -0.2) is 13.2 Å². The average molecular weight is 475 g/mol. The molecule has 1 amide bonds. The Bertz CT molecular complexity index is 1080. The number of benzene rings is 2. The summed E-state index contributed by atoms with van der Waals surface area (Å²) in [5.41, 5.74) is 1.78. The molecule has 9 heteroatoms. The van der Waals surface area contributed by atoms with E-state index in [4.69, 9.17) is 9.47 Å². The molecule has 0 radical (unpaired) electrons. The third-order valence-electron chi connectivity index (χ3n) is 5.41. The number of carbonyl (C=O) groups excluding carboxylic acids is 2. The number of anilines is 1. The molecule has 2 aromatic carbocycles. The average Bonchev–Trinajstić information content (AvgIpc) is 2.84. The minimum absolute atomic E-state index is 0.143. The van der Waals surface area contributed by atoms with Crippen molar-refractivity contribution in [1.29, 1.82) is 0 Å². The lowest BCUT2D eigenvalue weighted by Gasteiger charge is -2.27. The first-order chi connectivity index (χ1) is 15.9. The van der Waals surface area contributed by atoms with Crippen molar-refractivity contribution in [3.05, 3.63) is 59.2 Å². The van der Waals surface area contributed by atoms with Gasteiger partial charge in [0.15, 0.2) is 0 Å². The van der Waals surface area contributed by atoms with Crippen LogP contribution >= 0.6 is 0 Å². The number of nitrogens with one attached hydrogen (secondary N) is 1. The Kier molecular flexibility index (Phi) is 8.60. The van der Waals surface area contributed by atoms with Crippen LogP contribution in [0.3, 0.4) is 0 Å². The van der Waals surface area contributed by atoms with E-state index in [2.05, 4.69) is 5.32 Å². The standard InChI is InChI=1S/C24H30N2O6S/c1-3-5-14-32-24(28)19-8-10-21(11-9-19)25-23(27)20-7-6-18(4-2)22(17-20)33(29,30)26-12-15-31-16-13-26/h6-11,17H,3-5,12-16H2,1-2H3,(H,25,27). The zero-order chi connectivity index (χ0) is 23.8. The van der Waals surface area contributed by atoms with E-state index in [9.17, 15) is 18.0 Å². The van der Waals surface area contributed by atoms with Crippen LogP contribution in [0.15, 0.2) is 47.4 Å². The molecule has 1 heterocycles. The smallest absolute Gasteiger partial charge is 0.338 e. The minimum Gasteiger partial charge on any atom is -0.462 e. The van der Waals surface area contributed by atoms with Crippen molar-refractivity contribution in [3.63, 3.8) is 0 Å². The molecule has 0 aliphatic carbocycles. The highest BCUT2D eigenvalue weighted by atomic mass is 32.2. The van der Waals surface area contributed by atoms with Crippen LogP contribution in [0.5, 0.6) is 0 Å². The molecule has 1 aliphatic heterocycles. The van der Waals surface area contributed by atoms with Crippen LogP contribution < -0.4 is 5.32 Å². The Balaban J connectivity index is 1.75. The number of ether oxygens (including phenoxy) is 2. The number of esters is 1. The van der Waals surface area contributed by atoms with Gasteiger partial charge in [-0.05, 0) is 54.8 Å². The van der Waals surface area contributed by atoms with Gasteiger partial charge in [0, 0.05) is 24.3 Å². The summed E-state index contributed by atoms with van der Waals surface area (Å²) in [5.74, 6) is -0.844. The molecule has 1 saturated heterocycles. The van der Waals surface area contributed by atoms with E-state index in [0.29, 0.717) is 43.1 Å². The van der Waals surface area contributed by atoms with Gasteiger partial charge in [-0.1, -0.05) is 26.3 Å². The van der Waals surface area contributed by atoms with Gasteiger partial charge in [0.05, 0.1) is 30.3 Å². The molecule has 1 fully saturated rings. The molecule has 2 aromatic rings. The maximum absolute atomic E-state index is 13.2. The second-order valence-electron chi connectivity index (χ2n) is 7.71. The molecule has 0 saturated carbocycles. The third kappa shape index (κ3) is 6.19. The first kappa shape index (κ1) is 24.9. The van der Waals surface area contributed by atoms with E-state index in [1.165, 1.54) is 10.4 Å². The number of morpholine rings is 1. The van der Waals surface area contributed by atoms with Crippen molar-refractivity contribution in [2.24, 2.45) is 0 Å². The molecule has 0 unspecified atom stereocenters. The lowest BCUT2D eigenvalue weighted by molar-refractivity contribution is 0.0499. The number of unbranched alkanes of at least 4 members (excludes halogenated alkanes) is 1. The van der Waals surface area contributed by atoms with Crippen LogP contribution in [0.25, 0.3) is 0 Å². The first-order valence-corrected chi connectivity index (χ1v) is 12.6. The van der Waals surface area contributed by atoms with Gasteiger partial charge in [0.25, 0.3) is 5.91 Å². The number of amides is 1. The van der Waals surface area contributed by atoms with E-state index >= 15 is 0 Å². The van der Waals surface area contributed by atoms with Gasteiger partial charge < -0.3 is 14.8 Å². The van der Waals surface area contributed by atoms with Gasteiger partial charge in [0.2, 0.25) is 10.0 Å². The Hall–Kier alpha value is -2.75. The highest BCUT2D eigenvalue weighted by Gasteiger charge is 2.29. The molecule has 0 aromatic heterocycles. The largest absolute Gasteiger partial charge is 0.462 e. The normalized spacial score (nSPS) is 14.6. The zero-order valence-corrected chi connectivity index (χ0v) is 19.8. The summed E-state index contributed by atoms with van der Waals surface area (Å²) in [7, 11) is -3.74. The van der Waals surface area contributed by atoms with Crippen molar-refractivity contribution in [3.8, 4) is 0 Å². The topological polar surface area (TPSA) is 102 Å². The van der Waals surface area contributed by atoms with E-state index < -0.39 is 21.9 Å². The highest BCUT2D eigenvalue weighted by molar-refractivity contribution is 7.89. The fourth-order valence-electron chi connectivity index (χ4n) is 3.44. The summed E-state index contributed by atoms with van der Waals surface area (Å²) in [6.45, 7) is 5.54. The van der Waals surface area contributed by atoms with Gasteiger partial charge in [-0.2, -0.15) is 4.31 Å². The predicted octanol–water partition coefficient (Wildman–Crippen LogP) is 3.48.